The van der Waals surface area contributed by atoms with Gasteiger partial charge in [0.1, 0.15) is 5.82 Å². The van der Waals surface area contributed by atoms with Crippen LogP contribution in [0.15, 0.2) is 12.4 Å². The van der Waals surface area contributed by atoms with E-state index in [1.54, 1.807) is 7.11 Å². The van der Waals surface area contributed by atoms with E-state index in [1.807, 2.05) is 12.4 Å². The summed E-state index contributed by atoms with van der Waals surface area (Å²) in [6.45, 7) is 10.4. The first-order valence-corrected chi connectivity index (χ1v) is 6.36. The van der Waals surface area contributed by atoms with E-state index in [0.29, 0.717) is 0 Å². The molecule has 1 N–H and O–H groups in total. The minimum atomic E-state index is -0.271. The number of likely N-dealkylation sites (N-methyl/N-ethyl adjacent to an activating group) is 1. The average molecular weight is 239 g/mol. The van der Waals surface area contributed by atoms with Crippen LogP contribution in [0.2, 0.25) is 0 Å². The second-order valence-corrected chi connectivity index (χ2v) is 4.78. The predicted molar refractivity (Wildman–Crippen MR) is 70.0 cm³/mol. The molecule has 1 rings (SSSR count). The molecule has 0 aliphatic rings. The van der Waals surface area contributed by atoms with Gasteiger partial charge in [-0.2, -0.15) is 0 Å². The topological polar surface area (TPSA) is 39.1 Å². The fraction of sp³-hybridized carbons (Fsp3) is 0.769. The molecule has 0 spiro atoms. The molecule has 1 heterocycles. The number of nitrogens with zero attached hydrogens (tertiary/aromatic N) is 2. The Morgan fingerprint density at radius 1 is 1.47 bits per heavy atom. The molecule has 98 valence electrons. The van der Waals surface area contributed by atoms with E-state index in [0.717, 1.165) is 25.3 Å². The van der Waals surface area contributed by atoms with E-state index in [4.69, 9.17) is 4.74 Å². The van der Waals surface area contributed by atoms with Gasteiger partial charge in [-0.1, -0.05) is 13.8 Å². The highest BCUT2D eigenvalue weighted by Gasteiger charge is 2.33. The summed E-state index contributed by atoms with van der Waals surface area (Å²) in [5.41, 5.74) is -0.271. The number of aromatic nitrogens is 2. The highest BCUT2D eigenvalue weighted by Crippen LogP contribution is 2.27. The van der Waals surface area contributed by atoms with Gasteiger partial charge in [-0.3, -0.25) is 0 Å². The summed E-state index contributed by atoms with van der Waals surface area (Å²) in [5, 5.41) is 3.47. The molecule has 0 bridgehead atoms. The Morgan fingerprint density at radius 2 is 2.18 bits per heavy atom. The molecule has 0 radical (unpaired) electrons. The maximum absolute atomic E-state index is 5.59. The van der Waals surface area contributed by atoms with E-state index < -0.39 is 0 Å². The minimum absolute atomic E-state index is 0.110. The third-order valence-corrected chi connectivity index (χ3v) is 3.10. The molecule has 1 aromatic heterocycles. The summed E-state index contributed by atoms with van der Waals surface area (Å²) in [4.78, 5) is 4.49. The molecule has 4 heteroatoms. The molecule has 1 aromatic rings. The number of hydrogen-bond donors (Lipinski definition) is 1. The van der Waals surface area contributed by atoms with Crippen molar-refractivity contribution in [1.29, 1.82) is 0 Å². The van der Waals surface area contributed by atoms with Gasteiger partial charge in [0.25, 0.3) is 0 Å². The summed E-state index contributed by atoms with van der Waals surface area (Å²) in [7, 11) is 1.75. The Morgan fingerprint density at radius 3 is 2.71 bits per heavy atom. The Hall–Kier alpha value is -0.870. The van der Waals surface area contributed by atoms with E-state index in [2.05, 4.69) is 42.6 Å². The second kappa shape index (κ2) is 6.17. The van der Waals surface area contributed by atoms with E-state index in [1.165, 1.54) is 0 Å². The standard InChI is InChI=1S/C13H25N3O/c1-6-9-16-10-8-15-12(16)11(14-7-2)13(3,4)17-5/h8,10-11,14H,6-7,9H2,1-5H3. The van der Waals surface area contributed by atoms with Crippen molar-refractivity contribution in [3.05, 3.63) is 18.2 Å². The third-order valence-electron chi connectivity index (χ3n) is 3.10. The lowest BCUT2D eigenvalue weighted by Gasteiger charge is -2.33. The van der Waals surface area contributed by atoms with Crippen LogP contribution in [0.4, 0.5) is 0 Å². The van der Waals surface area contributed by atoms with Gasteiger partial charge in [-0.25, -0.2) is 4.98 Å². The van der Waals surface area contributed by atoms with E-state index in [9.17, 15) is 0 Å². The molecule has 0 amide bonds. The van der Waals surface area contributed by atoms with Gasteiger partial charge in [0.2, 0.25) is 0 Å². The number of hydrogen-bond acceptors (Lipinski definition) is 3. The molecule has 1 unspecified atom stereocenters. The Kier molecular flexibility index (Phi) is 5.15. The summed E-state index contributed by atoms with van der Waals surface area (Å²) < 4.78 is 7.80. The number of methoxy groups -OCH3 is 1. The van der Waals surface area contributed by atoms with Crippen molar-refractivity contribution >= 4 is 0 Å². The largest absolute Gasteiger partial charge is 0.377 e. The van der Waals surface area contributed by atoms with Gasteiger partial charge in [0.15, 0.2) is 0 Å². The molecule has 17 heavy (non-hydrogen) atoms. The zero-order valence-electron chi connectivity index (χ0n) is 11.7. The number of imidazole rings is 1. The first kappa shape index (κ1) is 14.2. The summed E-state index contributed by atoms with van der Waals surface area (Å²) >= 11 is 0. The van der Waals surface area contributed by atoms with Crippen LogP contribution in [0, 0.1) is 0 Å². The molecule has 0 fully saturated rings. The van der Waals surface area contributed by atoms with Crippen LogP contribution in [-0.2, 0) is 11.3 Å². The van der Waals surface area contributed by atoms with Crippen molar-refractivity contribution in [2.24, 2.45) is 0 Å². The number of nitrogens with one attached hydrogen (secondary N) is 1. The smallest absolute Gasteiger partial charge is 0.128 e. The summed E-state index contributed by atoms with van der Waals surface area (Å²) in [6.07, 6.45) is 5.01. The fourth-order valence-corrected chi connectivity index (χ4v) is 1.98. The number of rotatable bonds is 7. The molecule has 0 aliphatic heterocycles. The quantitative estimate of drug-likeness (QED) is 0.794. The molecule has 0 saturated heterocycles. The van der Waals surface area contributed by atoms with Crippen molar-refractivity contribution in [3.63, 3.8) is 0 Å². The van der Waals surface area contributed by atoms with Crippen LogP contribution in [0.3, 0.4) is 0 Å². The zero-order valence-corrected chi connectivity index (χ0v) is 11.7. The van der Waals surface area contributed by atoms with Crippen molar-refractivity contribution < 1.29 is 4.74 Å². The molecule has 0 aromatic carbocycles. The Labute approximate surface area is 104 Å². The monoisotopic (exact) mass is 239 g/mol. The summed E-state index contributed by atoms with van der Waals surface area (Å²) in [6, 6.07) is 0.110. The molecular formula is C13H25N3O. The Bertz CT molecular complexity index is 333. The number of aryl methyl sites for hydroxylation is 1. The maximum atomic E-state index is 5.59. The van der Waals surface area contributed by atoms with Gasteiger partial charge in [0, 0.05) is 26.0 Å². The highest BCUT2D eigenvalue weighted by molar-refractivity contribution is 5.06. The van der Waals surface area contributed by atoms with Crippen LogP contribution in [0.1, 0.15) is 46.0 Å². The van der Waals surface area contributed by atoms with E-state index >= 15 is 0 Å². The van der Waals surface area contributed by atoms with Crippen molar-refractivity contribution in [2.45, 2.75) is 52.3 Å². The van der Waals surface area contributed by atoms with Gasteiger partial charge in [-0.05, 0) is 26.8 Å². The maximum Gasteiger partial charge on any atom is 0.128 e. The van der Waals surface area contributed by atoms with Gasteiger partial charge in [-0.15, -0.1) is 0 Å². The molecule has 0 aliphatic carbocycles. The normalized spacial score (nSPS) is 13.9. The second-order valence-electron chi connectivity index (χ2n) is 4.78. The van der Waals surface area contributed by atoms with Gasteiger partial charge in [0.05, 0.1) is 11.6 Å². The lowest BCUT2D eigenvalue weighted by Crippen LogP contribution is -2.42. The highest BCUT2D eigenvalue weighted by atomic mass is 16.5. The molecule has 1 atom stereocenters. The van der Waals surface area contributed by atoms with Gasteiger partial charge < -0.3 is 14.6 Å². The molecular weight excluding hydrogens is 214 g/mol. The first-order chi connectivity index (χ1) is 8.06. The molecule has 4 nitrogen and oxygen atoms in total. The van der Waals surface area contributed by atoms with Crippen molar-refractivity contribution in [1.82, 2.24) is 14.9 Å². The van der Waals surface area contributed by atoms with Crippen LogP contribution in [0.25, 0.3) is 0 Å². The zero-order chi connectivity index (χ0) is 12.9. The fourth-order valence-electron chi connectivity index (χ4n) is 1.98. The van der Waals surface area contributed by atoms with E-state index in [-0.39, 0.29) is 11.6 Å². The van der Waals surface area contributed by atoms with Crippen LogP contribution >= 0.6 is 0 Å². The lowest BCUT2D eigenvalue weighted by atomic mass is 9.97. The predicted octanol–water partition coefficient (Wildman–Crippen LogP) is 2.37. The SMILES string of the molecule is CCCn1ccnc1C(NCC)C(C)(C)OC. The van der Waals surface area contributed by atoms with Crippen molar-refractivity contribution in [3.8, 4) is 0 Å². The van der Waals surface area contributed by atoms with Crippen molar-refractivity contribution in [2.75, 3.05) is 13.7 Å². The average Bonchev–Trinajstić information content (AvgIpc) is 2.74. The molecule has 0 saturated carbocycles. The van der Waals surface area contributed by atoms with Gasteiger partial charge >= 0.3 is 0 Å². The minimum Gasteiger partial charge on any atom is -0.377 e. The first-order valence-electron chi connectivity index (χ1n) is 6.36. The summed E-state index contributed by atoms with van der Waals surface area (Å²) in [5.74, 6) is 1.06. The van der Waals surface area contributed by atoms with Crippen LogP contribution in [-0.4, -0.2) is 28.8 Å². The van der Waals surface area contributed by atoms with Crippen LogP contribution < -0.4 is 5.32 Å². The van der Waals surface area contributed by atoms with Crippen LogP contribution in [0.5, 0.6) is 0 Å². The third kappa shape index (κ3) is 3.30. The lowest BCUT2D eigenvalue weighted by molar-refractivity contribution is -0.0140. The Balaban J connectivity index is 3.00. The number of ether oxygens (including phenoxy) is 1.